The van der Waals surface area contributed by atoms with Crippen LogP contribution in [0.2, 0.25) is 0 Å². The lowest BCUT2D eigenvalue weighted by Crippen LogP contribution is -2.27. The molecule has 0 spiro atoms. The van der Waals surface area contributed by atoms with Crippen LogP contribution in [0.3, 0.4) is 0 Å². The Balaban J connectivity index is 2.07. The van der Waals surface area contributed by atoms with Crippen LogP contribution in [0.4, 0.5) is 11.5 Å². The highest BCUT2D eigenvalue weighted by Crippen LogP contribution is 2.23. The summed E-state index contributed by atoms with van der Waals surface area (Å²) in [7, 11) is 0. The Bertz CT molecular complexity index is 384. The molecule has 1 saturated heterocycles. The van der Waals surface area contributed by atoms with Crippen LogP contribution >= 0.6 is 0 Å². The van der Waals surface area contributed by atoms with E-state index in [1.165, 1.54) is 0 Å². The number of nitrogens with two attached hydrogens (primary N) is 1. The molecule has 3 N–H and O–H groups in total. The van der Waals surface area contributed by atoms with E-state index < -0.39 is 0 Å². The van der Waals surface area contributed by atoms with E-state index in [1.54, 1.807) is 6.07 Å². The monoisotopic (exact) mass is 237 g/mol. The minimum Gasteiger partial charge on any atom is -0.476 e. The number of aromatic nitrogens is 1. The number of hydrogen-bond acceptors (Lipinski definition) is 5. The van der Waals surface area contributed by atoms with Crippen molar-refractivity contribution >= 4 is 11.5 Å². The van der Waals surface area contributed by atoms with E-state index in [4.69, 9.17) is 15.2 Å². The van der Waals surface area contributed by atoms with Gasteiger partial charge in [-0.05, 0) is 32.4 Å². The molecule has 0 amide bonds. The molecular weight excluding hydrogens is 218 g/mol. The number of nitrogen functional groups attached to an aromatic ring is 1. The van der Waals surface area contributed by atoms with Gasteiger partial charge in [-0.15, -0.1) is 0 Å². The van der Waals surface area contributed by atoms with Gasteiger partial charge in [-0.25, -0.2) is 0 Å². The third-order valence-electron chi connectivity index (χ3n) is 2.88. The first kappa shape index (κ1) is 12.0. The van der Waals surface area contributed by atoms with Gasteiger partial charge in [-0.3, -0.25) is 0 Å². The summed E-state index contributed by atoms with van der Waals surface area (Å²) in [6, 6.07) is 3.98. The molecule has 94 valence electrons. The fourth-order valence-electron chi connectivity index (χ4n) is 1.90. The van der Waals surface area contributed by atoms with Crippen molar-refractivity contribution in [3.05, 3.63) is 12.1 Å². The van der Waals surface area contributed by atoms with Gasteiger partial charge in [0, 0.05) is 6.61 Å². The summed E-state index contributed by atoms with van der Waals surface area (Å²) >= 11 is 0. The number of nitrogens with zero attached hydrogens (tertiary/aromatic N) is 1. The van der Waals surface area contributed by atoms with Crippen LogP contribution in [-0.2, 0) is 4.74 Å². The van der Waals surface area contributed by atoms with E-state index in [9.17, 15) is 0 Å². The van der Waals surface area contributed by atoms with Gasteiger partial charge in [0.1, 0.15) is 5.82 Å². The second-order valence-corrected chi connectivity index (χ2v) is 4.14. The number of anilines is 2. The first-order valence-electron chi connectivity index (χ1n) is 5.98. The first-order chi connectivity index (χ1) is 8.20. The second kappa shape index (κ2) is 5.23. The molecule has 1 aromatic rings. The lowest BCUT2D eigenvalue weighted by Gasteiger charge is -2.17. The normalized spacial score (nSPS) is 23.6. The van der Waals surface area contributed by atoms with E-state index in [-0.39, 0.29) is 6.10 Å². The Kier molecular flexibility index (Phi) is 3.68. The SMILES string of the molecule is CCOc1nc(NC2CCOC2C)ccc1N. The van der Waals surface area contributed by atoms with Crippen molar-refractivity contribution in [1.29, 1.82) is 0 Å². The summed E-state index contributed by atoms with van der Waals surface area (Å²) in [4.78, 5) is 4.35. The molecule has 5 heteroatoms. The zero-order valence-corrected chi connectivity index (χ0v) is 10.3. The summed E-state index contributed by atoms with van der Waals surface area (Å²) in [5.74, 6) is 1.27. The van der Waals surface area contributed by atoms with Crippen LogP contribution in [0.5, 0.6) is 5.88 Å². The number of nitrogens with one attached hydrogen (secondary N) is 1. The summed E-state index contributed by atoms with van der Waals surface area (Å²) in [5, 5.41) is 3.34. The lowest BCUT2D eigenvalue weighted by atomic mass is 10.1. The Morgan fingerprint density at radius 1 is 1.59 bits per heavy atom. The smallest absolute Gasteiger partial charge is 0.239 e. The van der Waals surface area contributed by atoms with Crippen molar-refractivity contribution < 1.29 is 9.47 Å². The fraction of sp³-hybridized carbons (Fsp3) is 0.583. The number of ether oxygens (including phenoxy) is 2. The molecule has 2 unspecified atom stereocenters. The summed E-state index contributed by atoms with van der Waals surface area (Å²) in [6.45, 7) is 5.33. The quantitative estimate of drug-likeness (QED) is 0.833. The van der Waals surface area contributed by atoms with Gasteiger partial charge in [0.25, 0.3) is 0 Å². The van der Waals surface area contributed by atoms with Crippen LogP contribution in [-0.4, -0.2) is 30.3 Å². The van der Waals surface area contributed by atoms with E-state index >= 15 is 0 Å². The van der Waals surface area contributed by atoms with E-state index in [2.05, 4.69) is 17.2 Å². The highest BCUT2D eigenvalue weighted by molar-refractivity contribution is 5.53. The topological polar surface area (TPSA) is 69.4 Å². The zero-order valence-electron chi connectivity index (χ0n) is 10.3. The summed E-state index contributed by atoms with van der Waals surface area (Å²) in [5.41, 5.74) is 6.33. The second-order valence-electron chi connectivity index (χ2n) is 4.14. The Morgan fingerprint density at radius 2 is 2.41 bits per heavy atom. The van der Waals surface area contributed by atoms with Crippen molar-refractivity contribution in [2.45, 2.75) is 32.4 Å². The van der Waals surface area contributed by atoms with Crippen molar-refractivity contribution in [1.82, 2.24) is 4.98 Å². The predicted octanol–water partition coefficient (Wildman–Crippen LogP) is 1.65. The van der Waals surface area contributed by atoms with Gasteiger partial charge < -0.3 is 20.5 Å². The van der Waals surface area contributed by atoms with Crippen molar-refractivity contribution in [3.63, 3.8) is 0 Å². The van der Waals surface area contributed by atoms with Gasteiger partial charge in [-0.1, -0.05) is 0 Å². The summed E-state index contributed by atoms with van der Waals surface area (Å²) < 4.78 is 10.9. The van der Waals surface area contributed by atoms with Crippen molar-refractivity contribution in [3.8, 4) is 5.88 Å². The van der Waals surface area contributed by atoms with Crippen LogP contribution < -0.4 is 15.8 Å². The van der Waals surface area contributed by atoms with E-state index in [1.807, 2.05) is 13.0 Å². The zero-order chi connectivity index (χ0) is 12.3. The van der Waals surface area contributed by atoms with E-state index in [0.717, 1.165) is 18.8 Å². The fourth-order valence-corrected chi connectivity index (χ4v) is 1.90. The number of hydrogen-bond donors (Lipinski definition) is 2. The standard InChI is InChI=1S/C12H19N3O2/c1-3-16-12-9(13)4-5-11(15-12)14-10-6-7-17-8(10)2/h4-5,8,10H,3,6-7,13H2,1-2H3,(H,14,15). The largest absolute Gasteiger partial charge is 0.476 e. The molecule has 2 heterocycles. The molecule has 2 atom stereocenters. The third kappa shape index (κ3) is 2.79. The van der Waals surface area contributed by atoms with Gasteiger partial charge in [0.2, 0.25) is 5.88 Å². The predicted molar refractivity (Wildman–Crippen MR) is 67.3 cm³/mol. The highest BCUT2D eigenvalue weighted by Gasteiger charge is 2.24. The van der Waals surface area contributed by atoms with Gasteiger partial charge in [0.05, 0.1) is 24.4 Å². The average Bonchev–Trinajstić information content (AvgIpc) is 2.70. The minimum absolute atomic E-state index is 0.213. The summed E-state index contributed by atoms with van der Waals surface area (Å²) in [6.07, 6.45) is 1.21. The van der Waals surface area contributed by atoms with Gasteiger partial charge >= 0.3 is 0 Å². The molecule has 17 heavy (non-hydrogen) atoms. The number of rotatable bonds is 4. The third-order valence-corrected chi connectivity index (χ3v) is 2.88. The van der Waals surface area contributed by atoms with Gasteiger partial charge in [-0.2, -0.15) is 4.98 Å². The maximum atomic E-state index is 5.77. The molecule has 0 aliphatic carbocycles. The molecule has 0 saturated carbocycles. The van der Waals surface area contributed by atoms with Gasteiger partial charge in [0.15, 0.2) is 0 Å². The molecule has 1 aliphatic heterocycles. The van der Waals surface area contributed by atoms with Crippen LogP contribution in [0.15, 0.2) is 12.1 Å². The van der Waals surface area contributed by atoms with Crippen LogP contribution in [0.1, 0.15) is 20.3 Å². The first-order valence-corrected chi connectivity index (χ1v) is 5.98. The van der Waals surface area contributed by atoms with Crippen molar-refractivity contribution in [2.75, 3.05) is 24.3 Å². The molecule has 1 aromatic heterocycles. The molecule has 5 nitrogen and oxygen atoms in total. The Morgan fingerprint density at radius 3 is 3.06 bits per heavy atom. The van der Waals surface area contributed by atoms with Crippen LogP contribution in [0.25, 0.3) is 0 Å². The Hall–Kier alpha value is -1.49. The molecular formula is C12H19N3O2. The molecule has 0 bridgehead atoms. The molecule has 0 aromatic carbocycles. The Labute approximate surface area is 101 Å². The molecule has 0 radical (unpaired) electrons. The maximum Gasteiger partial charge on any atom is 0.239 e. The molecule has 2 rings (SSSR count). The van der Waals surface area contributed by atoms with Crippen molar-refractivity contribution in [2.24, 2.45) is 0 Å². The molecule has 1 aliphatic rings. The lowest BCUT2D eigenvalue weighted by molar-refractivity contribution is 0.121. The average molecular weight is 237 g/mol. The molecule has 1 fully saturated rings. The van der Waals surface area contributed by atoms with Crippen LogP contribution in [0, 0.1) is 0 Å². The highest BCUT2D eigenvalue weighted by atomic mass is 16.5. The van der Waals surface area contributed by atoms with E-state index in [0.29, 0.717) is 24.2 Å². The number of pyridine rings is 1. The maximum absolute atomic E-state index is 5.77. The minimum atomic E-state index is 0.213.